The predicted molar refractivity (Wildman–Crippen MR) is 52.1 cm³/mol. The van der Waals surface area contributed by atoms with Crippen LogP contribution in [-0.2, 0) is 4.79 Å². The summed E-state index contributed by atoms with van der Waals surface area (Å²) in [7, 11) is 0. The summed E-state index contributed by atoms with van der Waals surface area (Å²) >= 11 is 1.98. The zero-order valence-corrected chi connectivity index (χ0v) is 8.32. The Hall–Kier alpha value is 0.0200. The van der Waals surface area contributed by atoms with Gasteiger partial charge in [0, 0.05) is 5.92 Å². The number of aldehydes is 1. The number of hydrogen-bond acceptors (Lipinski definition) is 2. The lowest BCUT2D eigenvalue weighted by atomic mass is 10.1. The molecule has 0 aromatic carbocycles. The zero-order valence-electron chi connectivity index (χ0n) is 7.51. The minimum atomic E-state index is 0.265. The SMILES string of the molecule is CCSCCCCC(C)C=O. The fourth-order valence-corrected chi connectivity index (χ4v) is 1.58. The molecule has 0 radical (unpaired) electrons. The summed E-state index contributed by atoms with van der Waals surface area (Å²) in [6, 6.07) is 0. The molecule has 0 rings (SSSR count). The number of unbranched alkanes of at least 4 members (excludes halogenated alkanes) is 1. The molecule has 0 fully saturated rings. The van der Waals surface area contributed by atoms with Crippen molar-refractivity contribution in [1.29, 1.82) is 0 Å². The van der Waals surface area contributed by atoms with E-state index in [0.717, 1.165) is 12.7 Å². The average Bonchev–Trinajstić information content (AvgIpc) is 2.04. The Morgan fingerprint density at radius 3 is 2.73 bits per heavy atom. The van der Waals surface area contributed by atoms with Gasteiger partial charge < -0.3 is 4.79 Å². The Bertz CT molecular complexity index is 93.6. The third-order valence-electron chi connectivity index (χ3n) is 1.63. The van der Waals surface area contributed by atoms with Gasteiger partial charge in [-0.15, -0.1) is 0 Å². The highest BCUT2D eigenvalue weighted by Gasteiger charge is 1.97. The molecule has 0 aliphatic rings. The highest BCUT2D eigenvalue weighted by molar-refractivity contribution is 7.99. The van der Waals surface area contributed by atoms with Crippen molar-refractivity contribution in [3.8, 4) is 0 Å². The van der Waals surface area contributed by atoms with Crippen LogP contribution < -0.4 is 0 Å². The maximum atomic E-state index is 10.2. The molecule has 0 aliphatic carbocycles. The van der Waals surface area contributed by atoms with Crippen LogP contribution in [0.5, 0.6) is 0 Å². The second-order valence-corrected chi connectivity index (χ2v) is 4.20. The van der Waals surface area contributed by atoms with Gasteiger partial charge in [0.2, 0.25) is 0 Å². The Labute approximate surface area is 73.9 Å². The van der Waals surface area contributed by atoms with E-state index in [-0.39, 0.29) is 5.92 Å². The Morgan fingerprint density at radius 2 is 2.18 bits per heavy atom. The van der Waals surface area contributed by atoms with Crippen molar-refractivity contribution in [1.82, 2.24) is 0 Å². The van der Waals surface area contributed by atoms with Crippen molar-refractivity contribution in [3.63, 3.8) is 0 Å². The number of rotatable bonds is 7. The van der Waals surface area contributed by atoms with E-state index in [1.807, 2.05) is 18.7 Å². The third-order valence-corrected chi connectivity index (χ3v) is 2.62. The number of hydrogen-bond donors (Lipinski definition) is 0. The summed E-state index contributed by atoms with van der Waals surface area (Å²) in [5, 5.41) is 0. The molecule has 0 N–H and O–H groups in total. The molecule has 1 unspecified atom stereocenters. The van der Waals surface area contributed by atoms with Crippen LogP contribution in [0, 0.1) is 5.92 Å². The summed E-state index contributed by atoms with van der Waals surface area (Å²) < 4.78 is 0. The van der Waals surface area contributed by atoms with Crippen molar-refractivity contribution in [2.24, 2.45) is 5.92 Å². The molecular formula is C9H18OS. The van der Waals surface area contributed by atoms with Gasteiger partial charge in [0.15, 0.2) is 0 Å². The van der Waals surface area contributed by atoms with Crippen molar-refractivity contribution in [2.45, 2.75) is 33.1 Å². The van der Waals surface area contributed by atoms with Gasteiger partial charge in [0.1, 0.15) is 6.29 Å². The smallest absolute Gasteiger partial charge is 0.122 e. The number of carbonyl (C=O) groups excluding carboxylic acids is 1. The van der Waals surface area contributed by atoms with Gasteiger partial charge in [-0.3, -0.25) is 0 Å². The largest absolute Gasteiger partial charge is 0.303 e. The first-order valence-electron chi connectivity index (χ1n) is 4.34. The maximum Gasteiger partial charge on any atom is 0.122 e. The number of thioether (sulfide) groups is 1. The summed E-state index contributed by atoms with van der Waals surface area (Å²) in [6.07, 6.45) is 4.57. The zero-order chi connectivity index (χ0) is 8.53. The first-order valence-corrected chi connectivity index (χ1v) is 5.49. The summed E-state index contributed by atoms with van der Waals surface area (Å²) in [6.45, 7) is 4.17. The van der Waals surface area contributed by atoms with Crippen LogP contribution in [0.15, 0.2) is 0 Å². The lowest BCUT2D eigenvalue weighted by molar-refractivity contribution is -0.110. The molecule has 0 spiro atoms. The molecule has 1 nitrogen and oxygen atoms in total. The molecule has 0 saturated carbocycles. The fourth-order valence-electron chi connectivity index (χ4n) is 0.883. The van der Waals surface area contributed by atoms with E-state index in [2.05, 4.69) is 6.92 Å². The van der Waals surface area contributed by atoms with Gasteiger partial charge >= 0.3 is 0 Å². The summed E-state index contributed by atoms with van der Waals surface area (Å²) in [5.41, 5.74) is 0. The summed E-state index contributed by atoms with van der Waals surface area (Å²) in [5.74, 6) is 2.73. The molecule has 0 amide bonds. The monoisotopic (exact) mass is 174 g/mol. The third kappa shape index (κ3) is 7.92. The molecule has 0 bridgehead atoms. The van der Waals surface area contributed by atoms with Crippen molar-refractivity contribution >= 4 is 18.0 Å². The van der Waals surface area contributed by atoms with E-state index >= 15 is 0 Å². The standard InChI is InChI=1S/C9H18OS/c1-3-11-7-5-4-6-9(2)8-10/h8-9H,3-7H2,1-2H3. The second-order valence-electron chi connectivity index (χ2n) is 2.81. The van der Waals surface area contributed by atoms with E-state index in [4.69, 9.17) is 0 Å². The lowest BCUT2D eigenvalue weighted by Crippen LogP contribution is -1.95. The van der Waals surface area contributed by atoms with E-state index in [0.29, 0.717) is 0 Å². The molecule has 0 aromatic rings. The molecule has 0 aromatic heterocycles. The van der Waals surface area contributed by atoms with Gasteiger partial charge in [0.25, 0.3) is 0 Å². The Morgan fingerprint density at radius 1 is 1.45 bits per heavy atom. The maximum absolute atomic E-state index is 10.2. The van der Waals surface area contributed by atoms with Gasteiger partial charge in [-0.05, 0) is 24.3 Å². The van der Waals surface area contributed by atoms with Gasteiger partial charge in [0.05, 0.1) is 0 Å². The van der Waals surface area contributed by atoms with E-state index in [1.165, 1.54) is 24.3 Å². The van der Waals surface area contributed by atoms with Gasteiger partial charge in [-0.1, -0.05) is 20.3 Å². The molecule has 11 heavy (non-hydrogen) atoms. The normalized spacial score (nSPS) is 12.9. The van der Waals surface area contributed by atoms with Crippen LogP contribution in [-0.4, -0.2) is 17.8 Å². The lowest BCUT2D eigenvalue weighted by Gasteiger charge is -2.01. The topological polar surface area (TPSA) is 17.1 Å². The van der Waals surface area contributed by atoms with Crippen LogP contribution in [0.4, 0.5) is 0 Å². The van der Waals surface area contributed by atoms with Gasteiger partial charge in [-0.25, -0.2) is 0 Å². The van der Waals surface area contributed by atoms with Crippen LogP contribution >= 0.6 is 11.8 Å². The minimum absolute atomic E-state index is 0.265. The number of carbonyl (C=O) groups is 1. The van der Waals surface area contributed by atoms with Crippen LogP contribution in [0.1, 0.15) is 33.1 Å². The van der Waals surface area contributed by atoms with Crippen molar-refractivity contribution in [2.75, 3.05) is 11.5 Å². The predicted octanol–water partition coefficient (Wildman–Crippen LogP) is 2.74. The van der Waals surface area contributed by atoms with E-state index < -0.39 is 0 Å². The van der Waals surface area contributed by atoms with Crippen LogP contribution in [0.3, 0.4) is 0 Å². The van der Waals surface area contributed by atoms with E-state index in [1.54, 1.807) is 0 Å². The molecule has 0 heterocycles. The van der Waals surface area contributed by atoms with Crippen LogP contribution in [0.2, 0.25) is 0 Å². The van der Waals surface area contributed by atoms with E-state index in [9.17, 15) is 4.79 Å². The van der Waals surface area contributed by atoms with Crippen molar-refractivity contribution in [3.05, 3.63) is 0 Å². The average molecular weight is 174 g/mol. The Kier molecular flexibility index (Phi) is 8.13. The van der Waals surface area contributed by atoms with Crippen LogP contribution in [0.25, 0.3) is 0 Å². The highest BCUT2D eigenvalue weighted by atomic mass is 32.2. The first kappa shape index (κ1) is 11.0. The first-order chi connectivity index (χ1) is 5.31. The fraction of sp³-hybridized carbons (Fsp3) is 0.889. The molecular weight excluding hydrogens is 156 g/mol. The molecule has 0 aliphatic heterocycles. The Balaban J connectivity index is 2.95. The quantitative estimate of drug-likeness (QED) is 0.436. The molecule has 0 saturated heterocycles. The molecule has 1 atom stereocenters. The second kappa shape index (κ2) is 8.12. The summed E-state index contributed by atoms with van der Waals surface area (Å²) in [4.78, 5) is 10.2. The van der Waals surface area contributed by atoms with Crippen molar-refractivity contribution < 1.29 is 4.79 Å². The van der Waals surface area contributed by atoms with Gasteiger partial charge in [-0.2, -0.15) is 11.8 Å². The molecule has 2 heteroatoms. The molecule has 66 valence electrons. The minimum Gasteiger partial charge on any atom is -0.303 e. The highest BCUT2D eigenvalue weighted by Crippen LogP contribution is 2.09.